The summed E-state index contributed by atoms with van der Waals surface area (Å²) in [5, 5.41) is 3.07. The Balaban J connectivity index is 1.83. The predicted octanol–water partition coefficient (Wildman–Crippen LogP) is 6.76. The zero-order chi connectivity index (χ0) is 32.4. The lowest BCUT2D eigenvalue weighted by Gasteiger charge is -2.34. The van der Waals surface area contributed by atoms with Crippen molar-refractivity contribution in [1.29, 1.82) is 0 Å². The number of benzene rings is 4. The van der Waals surface area contributed by atoms with Crippen molar-refractivity contribution in [3.8, 4) is 0 Å². The van der Waals surface area contributed by atoms with E-state index in [1.807, 2.05) is 87.5 Å². The van der Waals surface area contributed by atoms with Gasteiger partial charge in [0.25, 0.3) is 10.0 Å². The molecule has 9 heteroatoms. The first-order valence-electron chi connectivity index (χ1n) is 15.2. The average Bonchev–Trinajstić information content (AvgIpc) is 3.05. The molecule has 0 aliphatic heterocycles. The number of anilines is 1. The normalized spacial score (nSPS) is 12.6. The van der Waals surface area contributed by atoms with Gasteiger partial charge in [0.1, 0.15) is 12.6 Å². The molecule has 2 atom stereocenters. The topological polar surface area (TPSA) is 86.8 Å². The van der Waals surface area contributed by atoms with E-state index in [-0.39, 0.29) is 29.8 Å². The van der Waals surface area contributed by atoms with Gasteiger partial charge >= 0.3 is 0 Å². The summed E-state index contributed by atoms with van der Waals surface area (Å²) in [6.07, 6.45) is 1.56. The van der Waals surface area contributed by atoms with Crippen molar-refractivity contribution in [3.63, 3.8) is 0 Å². The molecule has 0 aliphatic rings. The van der Waals surface area contributed by atoms with Crippen LogP contribution in [0.15, 0.2) is 119 Å². The Kier molecular flexibility index (Phi) is 12.0. The highest BCUT2D eigenvalue weighted by atomic mass is 79.9. The second-order valence-corrected chi connectivity index (χ2v) is 13.8. The Bertz CT molecular complexity index is 1680. The number of nitrogens with zero attached hydrogens (tertiary/aromatic N) is 2. The van der Waals surface area contributed by atoms with Gasteiger partial charge in [-0.05, 0) is 66.8 Å². The van der Waals surface area contributed by atoms with Crippen molar-refractivity contribution in [3.05, 3.63) is 130 Å². The molecule has 7 nitrogen and oxygen atoms in total. The summed E-state index contributed by atoms with van der Waals surface area (Å²) in [6, 6.07) is 31.4. The Morgan fingerprint density at radius 2 is 1.44 bits per heavy atom. The van der Waals surface area contributed by atoms with Gasteiger partial charge in [0.2, 0.25) is 11.8 Å². The summed E-state index contributed by atoms with van der Waals surface area (Å²) < 4.78 is 30.4. The highest BCUT2D eigenvalue weighted by molar-refractivity contribution is 9.10. The van der Waals surface area contributed by atoms with Crippen LogP contribution in [0.25, 0.3) is 0 Å². The molecule has 2 amide bonds. The van der Waals surface area contributed by atoms with E-state index < -0.39 is 28.5 Å². The molecule has 236 valence electrons. The molecule has 1 N–H and O–H groups in total. The molecule has 4 aromatic rings. The Hall–Kier alpha value is -3.95. The number of rotatable bonds is 14. The van der Waals surface area contributed by atoms with Crippen LogP contribution in [0, 0.1) is 0 Å². The first-order chi connectivity index (χ1) is 21.6. The molecule has 0 saturated carbocycles. The highest BCUT2D eigenvalue weighted by Gasteiger charge is 2.35. The van der Waals surface area contributed by atoms with E-state index in [0.717, 1.165) is 27.6 Å². The highest BCUT2D eigenvalue weighted by Crippen LogP contribution is 2.28. The fourth-order valence-corrected chi connectivity index (χ4v) is 7.03. The summed E-state index contributed by atoms with van der Waals surface area (Å²) >= 11 is 3.52. The molecule has 0 heterocycles. The van der Waals surface area contributed by atoms with Crippen LogP contribution in [0.2, 0.25) is 0 Å². The molecule has 4 aromatic carbocycles. The first kappa shape index (κ1) is 33.9. The molecular formula is C36H40BrN3O4S. The van der Waals surface area contributed by atoms with E-state index in [4.69, 9.17) is 0 Å². The summed E-state index contributed by atoms with van der Waals surface area (Å²) in [5.41, 5.74) is 2.92. The lowest BCUT2D eigenvalue weighted by atomic mass is 10.0. The van der Waals surface area contributed by atoms with Gasteiger partial charge in [-0.15, -0.1) is 0 Å². The second-order valence-electron chi connectivity index (χ2n) is 11.0. The van der Waals surface area contributed by atoms with Crippen LogP contribution in [0.3, 0.4) is 0 Å². The van der Waals surface area contributed by atoms with Crippen LogP contribution in [0.1, 0.15) is 43.9 Å². The minimum Gasteiger partial charge on any atom is -0.352 e. The van der Waals surface area contributed by atoms with Crippen LogP contribution in [-0.4, -0.2) is 43.8 Å². The van der Waals surface area contributed by atoms with E-state index in [2.05, 4.69) is 21.2 Å². The van der Waals surface area contributed by atoms with Gasteiger partial charge < -0.3 is 10.2 Å². The van der Waals surface area contributed by atoms with Crippen molar-refractivity contribution in [2.24, 2.45) is 0 Å². The Morgan fingerprint density at radius 3 is 2.09 bits per heavy atom. The summed E-state index contributed by atoms with van der Waals surface area (Å²) in [5.74, 6) is -0.774. The SMILES string of the molecule is CCc1ccccc1N(CC(=O)N(Cc1cccc(Br)c1)[C@H](Cc1ccccc1)C(=O)N[C@@H](C)CC)S(=O)(=O)c1ccccc1. The molecule has 0 saturated heterocycles. The number of para-hydroxylation sites is 1. The van der Waals surface area contributed by atoms with E-state index in [1.54, 1.807) is 30.3 Å². The van der Waals surface area contributed by atoms with Crippen molar-refractivity contribution in [2.75, 3.05) is 10.8 Å². The van der Waals surface area contributed by atoms with E-state index in [1.165, 1.54) is 21.3 Å². The van der Waals surface area contributed by atoms with E-state index in [9.17, 15) is 18.0 Å². The summed E-state index contributed by atoms with van der Waals surface area (Å²) in [4.78, 5) is 30.2. The average molecular weight is 691 g/mol. The van der Waals surface area contributed by atoms with Gasteiger partial charge in [0.15, 0.2) is 0 Å². The second kappa shape index (κ2) is 15.9. The number of amides is 2. The zero-order valence-corrected chi connectivity index (χ0v) is 28.3. The number of halogens is 1. The summed E-state index contributed by atoms with van der Waals surface area (Å²) in [6.45, 7) is 5.48. The maximum absolute atomic E-state index is 14.6. The molecule has 0 aromatic heterocycles. The number of hydrogen-bond acceptors (Lipinski definition) is 4. The van der Waals surface area contributed by atoms with Crippen LogP contribution < -0.4 is 9.62 Å². The lowest BCUT2D eigenvalue weighted by molar-refractivity contribution is -0.140. The third-order valence-corrected chi connectivity index (χ3v) is 10.0. The molecular weight excluding hydrogens is 650 g/mol. The van der Waals surface area contributed by atoms with Gasteiger partial charge in [-0.25, -0.2) is 8.42 Å². The predicted molar refractivity (Wildman–Crippen MR) is 183 cm³/mol. The van der Waals surface area contributed by atoms with Crippen LogP contribution >= 0.6 is 15.9 Å². The van der Waals surface area contributed by atoms with Crippen LogP contribution in [0.4, 0.5) is 5.69 Å². The fraction of sp³-hybridized carbons (Fsp3) is 0.278. The van der Waals surface area contributed by atoms with Gasteiger partial charge in [0.05, 0.1) is 10.6 Å². The number of carbonyl (C=O) groups excluding carboxylic acids is 2. The standard InChI is InChI=1S/C36H40BrN3O4S/c1-4-27(3)38-36(42)34(24-28-15-8-6-9-16-28)39(25-29-17-14-19-31(37)23-29)35(41)26-40(33-22-13-12-18-30(33)5-2)45(43,44)32-20-10-7-11-21-32/h6-23,27,34H,4-5,24-26H2,1-3H3,(H,38,42)/t27-,34+/m0/s1. The zero-order valence-electron chi connectivity index (χ0n) is 25.9. The smallest absolute Gasteiger partial charge is 0.264 e. The van der Waals surface area contributed by atoms with Gasteiger partial charge in [-0.3, -0.25) is 13.9 Å². The van der Waals surface area contributed by atoms with Gasteiger partial charge in [-0.1, -0.05) is 109 Å². The molecule has 45 heavy (non-hydrogen) atoms. The van der Waals surface area contributed by atoms with Crippen molar-refractivity contribution < 1.29 is 18.0 Å². The monoisotopic (exact) mass is 689 g/mol. The number of carbonyl (C=O) groups is 2. The van der Waals surface area contributed by atoms with Crippen LogP contribution in [0.5, 0.6) is 0 Å². The number of hydrogen-bond donors (Lipinski definition) is 1. The molecule has 0 bridgehead atoms. The molecule has 0 unspecified atom stereocenters. The minimum atomic E-state index is -4.14. The van der Waals surface area contributed by atoms with E-state index in [0.29, 0.717) is 12.1 Å². The Labute approximate surface area is 275 Å². The number of aryl methyl sites for hydroxylation is 1. The van der Waals surface area contributed by atoms with Gasteiger partial charge in [0, 0.05) is 23.5 Å². The lowest BCUT2D eigenvalue weighted by Crippen LogP contribution is -2.54. The molecule has 0 spiro atoms. The molecule has 0 aliphatic carbocycles. The van der Waals surface area contributed by atoms with Gasteiger partial charge in [-0.2, -0.15) is 0 Å². The maximum atomic E-state index is 14.6. The quantitative estimate of drug-likeness (QED) is 0.159. The Morgan fingerprint density at radius 1 is 0.822 bits per heavy atom. The van der Waals surface area contributed by atoms with Crippen molar-refractivity contribution in [2.45, 2.75) is 63.6 Å². The molecule has 4 rings (SSSR count). The number of sulfonamides is 1. The van der Waals surface area contributed by atoms with Crippen molar-refractivity contribution in [1.82, 2.24) is 10.2 Å². The number of nitrogens with one attached hydrogen (secondary N) is 1. The molecule has 0 radical (unpaired) electrons. The third kappa shape index (κ3) is 8.83. The van der Waals surface area contributed by atoms with E-state index >= 15 is 0 Å². The fourth-order valence-electron chi connectivity index (χ4n) is 5.11. The first-order valence-corrected chi connectivity index (χ1v) is 17.4. The largest absolute Gasteiger partial charge is 0.352 e. The minimum absolute atomic E-state index is 0.0811. The third-order valence-electron chi connectivity index (χ3n) is 7.77. The van der Waals surface area contributed by atoms with Crippen LogP contribution in [-0.2, 0) is 39.0 Å². The van der Waals surface area contributed by atoms with Crippen molar-refractivity contribution >= 4 is 43.5 Å². The molecule has 0 fully saturated rings. The summed E-state index contributed by atoms with van der Waals surface area (Å²) in [7, 11) is -4.14. The maximum Gasteiger partial charge on any atom is 0.264 e.